The third kappa shape index (κ3) is 6.09. The van der Waals surface area contributed by atoms with E-state index in [-0.39, 0.29) is 5.41 Å². The first-order chi connectivity index (χ1) is 33.6. The Morgan fingerprint density at radius 2 is 0.676 bits per heavy atom. The maximum atomic E-state index is 2.54. The summed E-state index contributed by atoms with van der Waals surface area (Å²) in [5.41, 5.74) is 25.9. The normalized spacial score (nSPS) is 12.7. The average Bonchev–Trinajstić information content (AvgIpc) is 3.86. The summed E-state index contributed by atoms with van der Waals surface area (Å²) < 4.78 is 0. The van der Waals surface area contributed by atoms with Gasteiger partial charge in [-0.25, -0.2) is 0 Å². The van der Waals surface area contributed by atoms with E-state index in [0.717, 1.165) is 11.4 Å². The molecular formula is C67H47N. The van der Waals surface area contributed by atoms with Crippen molar-refractivity contribution in [2.75, 3.05) is 4.90 Å². The summed E-state index contributed by atoms with van der Waals surface area (Å²) in [7, 11) is 0. The molecule has 13 rings (SSSR count). The molecule has 2 aliphatic rings. The molecule has 1 nitrogen and oxygen atoms in total. The predicted octanol–water partition coefficient (Wildman–Crippen LogP) is 18.6. The van der Waals surface area contributed by atoms with Gasteiger partial charge in [0, 0.05) is 22.1 Å². The highest BCUT2D eigenvalue weighted by atomic mass is 15.1. The Kier molecular flexibility index (Phi) is 9.27. The molecule has 11 aromatic rings. The van der Waals surface area contributed by atoms with Crippen LogP contribution in [0, 0.1) is 0 Å². The van der Waals surface area contributed by atoms with Crippen LogP contribution in [0.1, 0.15) is 25.0 Å². The number of nitrogens with zero attached hydrogens (tertiary/aromatic N) is 1. The highest BCUT2D eigenvalue weighted by molar-refractivity contribution is 6.27. The van der Waals surface area contributed by atoms with Crippen LogP contribution < -0.4 is 4.90 Å². The van der Waals surface area contributed by atoms with Gasteiger partial charge in [0.15, 0.2) is 0 Å². The SMILES string of the molecule is CC1(C)c2ccccc2-c2c(N(c3ccc(-c4ccccc4)cc3)c3ccc4c5c(cccc35)-c3c(-c5ccccc5)c(-c5ccccc5)c(-c5ccccc5)c(-c5ccccc5)c3-4)cccc21. The zero-order valence-corrected chi connectivity index (χ0v) is 38.1. The Labute approximate surface area is 398 Å². The van der Waals surface area contributed by atoms with Crippen LogP contribution in [0.2, 0.25) is 0 Å². The van der Waals surface area contributed by atoms with Gasteiger partial charge in [-0.15, -0.1) is 0 Å². The lowest BCUT2D eigenvalue weighted by Crippen LogP contribution is -2.16. The molecule has 11 aromatic carbocycles. The maximum absolute atomic E-state index is 2.54. The molecule has 0 spiro atoms. The van der Waals surface area contributed by atoms with E-state index in [2.05, 4.69) is 267 Å². The fourth-order valence-electron chi connectivity index (χ4n) is 11.6. The Morgan fingerprint density at radius 1 is 0.265 bits per heavy atom. The Bertz CT molecular complexity index is 3590. The summed E-state index contributed by atoms with van der Waals surface area (Å²) in [4.78, 5) is 2.54. The lowest BCUT2D eigenvalue weighted by Gasteiger charge is -2.30. The lowest BCUT2D eigenvalue weighted by atomic mass is 9.76. The predicted molar refractivity (Wildman–Crippen MR) is 288 cm³/mol. The van der Waals surface area contributed by atoms with Gasteiger partial charge in [-0.1, -0.05) is 238 Å². The van der Waals surface area contributed by atoms with Crippen molar-refractivity contribution in [3.8, 4) is 89.0 Å². The van der Waals surface area contributed by atoms with E-state index in [9.17, 15) is 0 Å². The van der Waals surface area contributed by atoms with Crippen molar-refractivity contribution in [2.45, 2.75) is 19.3 Å². The molecular weight excluding hydrogens is 819 g/mol. The molecule has 0 aliphatic heterocycles. The van der Waals surface area contributed by atoms with Crippen LogP contribution in [-0.2, 0) is 5.41 Å². The molecule has 68 heavy (non-hydrogen) atoms. The number of hydrogen-bond donors (Lipinski definition) is 0. The standard InChI is InChI=1S/C67H47N/c1-67(2)55-35-19-18-32-51(55)64-56(67)36-21-37-58(64)68(50-40-38-45(39-41-50)44-22-8-3-9-23-44)57-43-42-54-63-52(57)33-20-34-53(63)65-61(48-28-14-6-15-29-48)59(46-24-10-4-11-25-46)60(47-26-12-5-13-27-47)62(66(54)65)49-30-16-7-17-31-49/h3-43H,1-2H3. The van der Waals surface area contributed by atoms with Gasteiger partial charge in [-0.2, -0.15) is 0 Å². The second-order valence-corrected chi connectivity index (χ2v) is 18.7. The van der Waals surface area contributed by atoms with Crippen molar-refractivity contribution in [3.05, 3.63) is 260 Å². The van der Waals surface area contributed by atoms with E-state index in [1.54, 1.807) is 0 Å². The summed E-state index contributed by atoms with van der Waals surface area (Å²) in [5.74, 6) is 0. The average molecular weight is 866 g/mol. The third-order valence-corrected chi connectivity index (χ3v) is 14.6. The van der Waals surface area contributed by atoms with Crippen molar-refractivity contribution < 1.29 is 0 Å². The first kappa shape index (κ1) is 39.8. The molecule has 0 bridgehead atoms. The molecule has 0 unspecified atom stereocenters. The van der Waals surface area contributed by atoms with E-state index >= 15 is 0 Å². The topological polar surface area (TPSA) is 3.24 Å². The zero-order chi connectivity index (χ0) is 45.3. The van der Waals surface area contributed by atoms with E-state index in [0.29, 0.717) is 0 Å². The van der Waals surface area contributed by atoms with Gasteiger partial charge in [0.1, 0.15) is 0 Å². The first-order valence-electron chi connectivity index (χ1n) is 23.8. The van der Waals surface area contributed by atoms with Crippen LogP contribution in [0.15, 0.2) is 249 Å². The molecule has 1 heteroatoms. The highest BCUT2D eigenvalue weighted by Crippen LogP contribution is 2.62. The van der Waals surface area contributed by atoms with Crippen LogP contribution in [0.3, 0.4) is 0 Å². The van der Waals surface area contributed by atoms with E-state index in [4.69, 9.17) is 0 Å². The van der Waals surface area contributed by atoms with Crippen LogP contribution in [0.5, 0.6) is 0 Å². The van der Waals surface area contributed by atoms with E-state index in [1.165, 1.54) is 117 Å². The van der Waals surface area contributed by atoms with Gasteiger partial charge in [0.25, 0.3) is 0 Å². The van der Waals surface area contributed by atoms with Crippen LogP contribution in [0.4, 0.5) is 17.1 Å². The summed E-state index contributed by atoms with van der Waals surface area (Å²) in [5, 5.41) is 2.49. The van der Waals surface area contributed by atoms with Crippen molar-refractivity contribution in [1.29, 1.82) is 0 Å². The molecule has 0 aromatic heterocycles. The van der Waals surface area contributed by atoms with Gasteiger partial charge < -0.3 is 4.90 Å². The first-order valence-corrected chi connectivity index (χ1v) is 23.8. The lowest BCUT2D eigenvalue weighted by molar-refractivity contribution is 0.660. The summed E-state index contributed by atoms with van der Waals surface area (Å²) in [6, 6.07) is 92.0. The maximum Gasteiger partial charge on any atom is 0.0543 e. The second kappa shape index (κ2) is 15.8. The van der Waals surface area contributed by atoms with Gasteiger partial charge in [0.2, 0.25) is 0 Å². The van der Waals surface area contributed by atoms with E-state index < -0.39 is 0 Å². The summed E-state index contributed by atoms with van der Waals surface area (Å²) in [6.45, 7) is 4.75. The minimum Gasteiger partial charge on any atom is -0.309 e. The summed E-state index contributed by atoms with van der Waals surface area (Å²) in [6.07, 6.45) is 0. The fourth-order valence-corrected chi connectivity index (χ4v) is 11.6. The van der Waals surface area contributed by atoms with Crippen molar-refractivity contribution in [2.24, 2.45) is 0 Å². The summed E-state index contributed by atoms with van der Waals surface area (Å²) >= 11 is 0. The quantitative estimate of drug-likeness (QED) is 0.147. The molecule has 0 saturated carbocycles. The molecule has 0 saturated heterocycles. The van der Waals surface area contributed by atoms with Crippen molar-refractivity contribution >= 4 is 27.8 Å². The number of hydrogen-bond acceptors (Lipinski definition) is 1. The Morgan fingerprint density at radius 3 is 1.22 bits per heavy atom. The van der Waals surface area contributed by atoms with Crippen molar-refractivity contribution in [1.82, 2.24) is 0 Å². The second-order valence-electron chi connectivity index (χ2n) is 18.7. The molecule has 0 N–H and O–H groups in total. The number of benzene rings is 11. The number of rotatable bonds is 8. The van der Waals surface area contributed by atoms with Crippen LogP contribution in [0.25, 0.3) is 99.8 Å². The Hall–Kier alpha value is -8.52. The van der Waals surface area contributed by atoms with Gasteiger partial charge in [0.05, 0.1) is 11.4 Å². The molecule has 2 aliphatic carbocycles. The minimum atomic E-state index is -0.150. The van der Waals surface area contributed by atoms with Crippen LogP contribution in [-0.4, -0.2) is 0 Å². The number of anilines is 3. The van der Waals surface area contributed by atoms with Gasteiger partial charge in [-0.05, 0) is 124 Å². The third-order valence-electron chi connectivity index (χ3n) is 14.6. The molecule has 0 atom stereocenters. The molecule has 320 valence electrons. The largest absolute Gasteiger partial charge is 0.309 e. The highest BCUT2D eigenvalue weighted by Gasteiger charge is 2.39. The molecule has 0 amide bonds. The van der Waals surface area contributed by atoms with E-state index in [1.807, 2.05) is 0 Å². The molecule has 0 fully saturated rings. The molecule has 0 radical (unpaired) electrons. The smallest absolute Gasteiger partial charge is 0.0543 e. The van der Waals surface area contributed by atoms with Crippen LogP contribution >= 0.6 is 0 Å². The Balaban J connectivity index is 1.15. The molecule has 0 heterocycles. The van der Waals surface area contributed by atoms with Gasteiger partial charge in [-0.3, -0.25) is 0 Å². The number of fused-ring (bicyclic) bond motifs is 6. The van der Waals surface area contributed by atoms with Crippen molar-refractivity contribution in [3.63, 3.8) is 0 Å². The fraction of sp³-hybridized carbons (Fsp3) is 0.0448. The zero-order valence-electron chi connectivity index (χ0n) is 38.1. The minimum absolute atomic E-state index is 0.150. The monoisotopic (exact) mass is 865 g/mol. The van der Waals surface area contributed by atoms with Gasteiger partial charge >= 0.3 is 0 Å².